The fourth-order valence-electron chi connectivity index (χ4n) is 3.91. The van der Waals surface area contributed by atoms with Gasteiger partial charge in [0.1, 0.15) is 0 Å². The van der Waals surface area contributed by atoms with Gasteiger partial charge in [0.2, 0.25) is 5.91 Å². The summed E-state index contributed by atoms with van der Waals surface area (Å²) in [4.78, 5) is 17.5. The number of hydrogen-bond acceptors (Lipinski definition) is 3. The maximum Gasteiger partial charge on any atom is 0.241 e. The maximum atomic E-state index is 12.8. The van der Waals surface area contributed by atoms with Crippen molar-refractivity contribution in [2.24, 2.45) is 0 Å². The Bertz CT molecular complexity index is 1010. The Morgan fingerprint density at radius 3 is 2.40 bits per heavy atom. The summed E-state index contributed by atoms with van der Waals surface area (Å²) >= 11 is 0. The van der Waals surface area contributed by atoms with Crippen LogP contribution in [-0.4, -0.2) is 54.5 Å². The lowest BCUT2D eigenvalue weighted by atomic mass is 10.1. The summed E-state index contributed by atoms with van der Waals surface area (Å²) in [6.45, 7) is 6.72. The molecule has 1 atom stereocenters. The average molecular weight is 400 g/mol. The number of piperazine rings is 1. The molecule has 4 rings (SSSR count). The van der Waals surface area contributed by atoms with E-state index in [-0.39, 0.29) is 11.9 Å². The van der Waals surface area contributed by atoms with Crippen molar-refractivity contribution in [3.63, 3.8) is 0 Å². The highest BCUT2D eigenvalue weighted by atomic mass is 16.2. The molecule has 1 aliphatic rings. The van der Waals surface area contributed by atoms with Gasteiger partial charge in [-0.15, -0.1) is 0 Å². The fourth-order valence-corrected chi connectivity index (χ4v) is 3.91. The Hall–Kier alpha value is -2.95. The number of hydrogen-bond donors (Lipinski definition) is 1. The number of anilines is 1. The van der Waals surface area contributed by atoms with Gasteiger partial charge in [0.05, 0.1) is 6.04 Å². The highest BCUT2D eigenvalue weighted by Crippen LogP contribution is 2.19. The molecule has 1 aliphatic heterocycles. The number of nitrogens with one attached hydrogen (secondary N) is 1. The molecule has 1 saturated heterocycles. The topological polar surface area (TPSA) is 35.6 Å². The molecule has 1 amide bonds. The molecule has 4 nitrogen and oxygen atoms in total. The van der Waals surface area contributed by atoms with E-state index in [1.54, 1.807) is 0 Å². The van der Waals surface area contributed by atoms with Gasteiger partial charge in [-0.3, -0.25) is 14.6 Å². The van der Waals surface area contributed by atoms with Gasteiger partial charge in [0.25, 0.3) is 0 Å². The van der Waals surface area contributed by atoms with E-state index in [0.717, 1.165) is 43.8 Å². The molecule has 154 valence electrons. The van der Waals surface area contributed by atoms with Gasteiger partial charge in [-0.1, -0.05) is 72.8 Å². The third-order valence-electron chi connectivity index (χ3n) is 5.82. The number of carbonyl (C=O) groups is 1. The Morgan fingerprint density at radius 2 is 1.63 bits per heavy atom. The van der Waals surface area contributed by atoms with Crippen LogP contribution in [0.25, 0.3) is 16.8 Å². The van der Waals surface area contributed by atoms with Crippen LogP contribution in [0.1, 0.15) is 12.5 Å². The van der Waals surface area contributed by atoms with E-state index >= 15 is 0 Å². The smallest absolute Gasteiger partial charge is 0.241 e. The summed E-state index contributed by atoms with van der Waals surface area (Å²) in [6.07, 6.45) is 4.40. The van der Waals surface area contributed by atoms with Crippen LogP contribution in [0.15, 0.2) is 78.9 Å². The Labute approximate surface area is 178 Å². The fraction of sp³-hybridized carbons (Fsp3) is 0.269. The second kappa shape index (κ2) is 9.70. The van der Waals surface area contributed by atoms with Gasteiger partial charge >= 0.3 is 0 Å². The lowest BCUT2D eigenvalue weighted by Crippen LogP contribution is -2.52. The molecule has 3 aromatic carbocycles. The first-order valence-corrected chi connectivity index (χ1v) is 10.7. The lowest BCUT2D eigenvalue weighted by Gasteiger charge is -2.37. The van der Waals surface area contributed by atoms with Crippen molar-refractivity contribution in [1.29, 1.82) is 0 Å². The van der Waals surface area contributed by atoms with Gasteiger partial charge in [-0.2, -0.15) is 0 Å². The molecular formula is C26H29N3O. The van der Waals surface area contributed by atoms with Crippen molar-refractivity contribution in [1.82, 2.24) is 9.80 Å². The third kappa shape index (κ3) is 5.15. The molecule has 4 heteroatoms. The van der Waals surface area contributed by atoms with Crippen LogP contribution >= 0.6 is 0 Å². The second-order valence-corrected chi connectivity index (χ2v) is 7.88. The van der Waals surface area contributed by atoms with Crippen molar-refractivity contribution in [2.45, 2.75) is 13.0 Å². The summed E-state index contributed by atoms with van der Waals surface area (Å²) in [5.41, 5.74) is 2.09. The van der Waals surface area contributed by atoms with Gasteiger partial charge in [-0.25, -0.2) is 0 Å². The molecular weight excluding hydrogens is 370 g/mol. The number of benzene rings is 3. The summed E-state index contributed by atoms with van der Waals surface area (Å²) in [7, 11) is 0. The monoisotopic (exact) mass is 399 g/mol. The number of rotatable bonds is 6. The minimum atomic E-state index is -0.140. The predicted molar refractivity (Wildman–Crippen MR) is 126 cm³/mol. The Balaban J connectivity index is 1.26. The zero-order valence-electron chi connectivity index (χ0n) is 17.5. The van der Waals surface area contributed by atoms with Crippen molar-refractivity contribution in [3.8, 4) is 0 Å². The van der Waals surface area contributed by atoms with E-state index in [4.69, 9.17) is 0 Å². The molecule has 1 fully saturated rings. The molecule has 30 heavy (non-hydrogen) atoms. The second-order valence-electron chi connectivity index (χ2n) is 7.88. The van der Waals surface area contributed by atoms with E-state index in [2.05, 4.69) is 69.7 Å². The molecule has 0 aliphatic carbocycles. The quantitative estimate of drug-likeness (QED) is 0.663. The Kier molecular flexibility index (Phi) is 6.57. The summed E-state index contributed by atoms with van der Waals surface area (Å²) in [5, 5.41) is 5.41. The van der Waals surface area contributed by atoms with E-state index < -0.39 is 0 Å². The van der Waals surface area contributed by atoms with E-state index in [1.807, 2.05) is 37.3 Å². The van der Waals surface area contributed by atoms with Crippen molar-refractivity contribution < 1.29 is 4.79 Å². The van der Waals surface area contributed by atoms with Crippen molar-refractivity contribution in [2.75, 3.05) is 38.0 Å². The normalized spacial score (nSPS) is 16.7. The highest BCUT2D eigenvalue weighted by Gasteiger charge is 2.25. The molecule has 1 heterocycles. The third-order valence-corrected chi connectivity index (χ3v) is 5.82. The van der Waals surface area contributed by atoms with Crippen LogP contribution in [0.3, 0.4) is 0 Å². The average Bonchev–Trinajstić information content (AvgIpc) is 2.80. The van der Waals surface area contributed by atoms with Crippen molar-refractivity contribution >= 4 is 28.4 Å². The van der Waals surface area contributed by atoms with Crippen molar-refractivity contribution in [3.05, 3.63) is 84.4 Å². The van der Waals surface area contributed by atoms with E-state index in [1.165, 1.54) is 10.9 Å². The highest BCUT2D eigenvalue weighted by molar-refractivity contribution is 5.97. The van der Waals surface area contributed by atoms with Crippen LogP contribution < -0.4 is 5.32 Å². The van der Waals surface area contributed by atoms with Crippen LogP contribution in [0.4, 0.5) is 5.69 Å². The minimum Gasteiger partial charge on any atom is -0.325 e. The predicted octanol–water partition coefficient (Wildman–Crippen LogP) is 4.50. The summed E-state index contributed by atoms with van der Waals surface area (Å²) < 4.78 is 0. The van der Waals surface area contributed by atoms with Crippen LogP contribution in [0.2, 0.25) is 0 Å². The summed E-state index contributed by atoms with van der Waals surface area (Å²) in [6, 6.07) is 24.5. The first kappa shape index (κ1) is 20.3. The van der Waals surface area contributed by atoms with Gasteiger partial charge in [0, 0.05) is 38.4 Å². The molecule has 0 radical (unpaired) electrons. The molecule has 1 N–H and O–H groups in total. The zero-order valence-corrected chi connectivity index (χ0v) is 17.5. The zero-order chi connectivity index (χ0) is 20.8. The van der Waals surface area contributed by atoms with Crippen LogP contribution in [0, 0.1) is 0 Å². The van der Waals surface area contributed by atoms with E-state index in [9.17, 15) is 4.79 Å². The molecule has 0 spiro atoms. The standard InChI is InChI=1S/C26H29N3O/c1-21(26(30)27-25-14-13-23-11-5-6-12-24(23)20-25)29-18-16-28(17-19-29)15-7-10-22-8-3-2-4-9-22/h2-14,20-21H,15-19H2,1H3,(H,27,30)/b10-7+/t21-/m1/s1. The largest absolute Gasteiger partial charge is 0.325 e. The van der Waals surface area contributed by atoms with Crippen LogP contribution in [0.5, 0.6) is 0 Å². The van der Waals surface area contributed by atoms with E-state index in [0.29, 0.717) is 0 Å². The molecule has 0 aromatic heterocycles. The number of fused-ring (bicyclic) bond motifs is 1. The maximum absolute atomic E-state index is 12.8. The minimum absolute atomic E-state index is 0.0581. The first-order chi connectivity index (χ1) is 14.7. The number of carbonyl (C=O) groups excluding carboxylic acids is 1. The number of nitrogens with zero attached hydrogens (tertiary/aromatic N) is 2. The molecule has 3 aromatic rings. The molecule has 0 bridgehead atoms. The summed E-state index contributed by atoms with van der Waals surface area (Å²) in [5.74, 6) is 0.0581. The van der Waals surface area contributed by atoms with Crippen LogP contribution in [-0.2, 0) is 4.79 Å². The lowest BCUT2D eigenvalue weighted by molar-refractivity contribution is -0.121. The van der Waals surface area contributed by atoms with Gasteiger partial charge in [-0.05, 0) is 35.4 Å². The van der Waals surface area contributed by atoms with Gasteiger partial charge < -0.3 is 5.32 Å². The molecule has 0 unspecified atom stereocenters. The number of amides is 1. The van der Waals surface area contributed by atoms with Gasteiger partial charge in [0.15, 0.2) is 0 Å². The first-order valence-electron chi connectivity index (χ1n) is 10.7. The SMILES string of the molecule is C[C@H](C(=O)Nc1ccc2ccccc2c1)N1CCN(C/C=C/c2ccccc2)CC1. The molecule has 0 saturated carbocycles. The Morgan fingerprint density at radius 1 is 0.933 bits per heavy atom.